The van der Waals surface area contributed by atoms with Gasteiger partial charge in [-0.05, 0) is 13.3 Å². The molecule has 0 fully saturated rings. The molecule has 1 N–H and O–H groups in total. The number of unbranched alkanes of at least 4 members (excludes halogenated alkanes) is 12. The molecule has 0 rings (SSSR count). The molecular weight excluding hydrogens is 509 g/mol. The number of phosphoric ester groups is 1. The molecule has 9 nitrogen and oxygen atoms in total. The molecule has 10 heteroatoms. The van der Waals surface area contributed by atoms with Gasteiger partial charge in [0, 0.05) is 12.0 Å². The van der Waals surface area contributed by atoms with Gasteiger partial charge < -0.3 is 18.9 Å². The molecule has 0 aromatic heterocycles. The predicted molar refractivity (Wildman–Crippen MR) is 151 cm³/mol. The first-order chi connectivity index (χ1) is 17.9. The van der Waals surface area contributed by atoms with Crippen LogP contribution in [0.1, 0.15) is 104 Å². The summed E-state index contributed by atoms with van der Waals surface area (Å²) in [4.78, 5) is 34.0. The van der Waals surface area contributed by atoms with E-state index in [1.54, 1.807) is 0 Å². The second-order valence-electron chi connectivity index (χ2n) is 11.1. The molecule has 2 atom stereocenters. The monoisotopic (exact) mass is 564 g/mol. The Hall–Kier alpha value is -1.25. The molecule has 0 aliphatic carbocycles. The number of ether oxygens (including phenoxy) is 2. The molecule has 0 saturated carbocycles. The first kappa shape index (κ1) is 36.8. The zero-order valence-electron chi connectivity index (χ0n) is 24.7. The van der Waals surface area contributed by atoms with E-state index in [-0.39, 0.29) is 31.8 Å². The Bertz CT molecular complexity index is 707. The van der Waals surface area contributed by atoms with Gasteiger partial charge in [-0.3, -0.25) is 13.8 Å². The largest absolute Gasteiger partial charge is 0.472 e. The van der Waals surface area contributed by atoms with Gasteiger partial charge in [-0.2, -0.15) is 0 Å². The van der Waals surface area contributed by atoms with Crippen molar-refractivity contribution in [2.24, 2.45) is 0 Å². The summed E-state index contributed by atoms with van der Waals surface area (Å²) in [5.74, 6) is -1.10. The minimum atomic E-state index is -4.44. The van der Waals surface area contributed by atoms with E-state index in [1.165, 1.54) is 71.1 Å². The summed E-state index contributed by atoms with van der Waals surface area (Å²) in [6.45, 7) is 7.00. The molecule has 0 saturated heterocycles. The Balaban J connectivity index is 4.23. The lowest BCUT2D eigenvalue weighted by Crippen LogP contribution is -2.37. The molecule has 0 amide bonds. The van der Waals surface area contributed by atoms with Crippen LogP contribution in [0.25, 0.3) is 0 Å². The highest BCUT2D eigenvalue weighted by atomic mass is 31.2. The molecule has 0 aromatic rings. The van der Waals surface area contributed by atoms with E-state index < -0.39 is 25.9 Å². The fraction of sp³-hybridized carbons (Fsp3) is 0.857. The number of likely N-dealkylation sites (N-methyl/N-ethyl adjacent to an activating group) is 1. The lowest BCUT2D eigenvalue weighted by atomic mass is 10.0. The lowest BCUT2D eigenvalue weighted by Gasteiger charge is -2.25. The molecule has 0 spiro atoms. The van der Waals surface area contributed by atoms with Gasteiger partial charge in [0.25, 0.3) is 0 Å². The smallest absolute Gasteiger partial charge is 0.463 e. The highest BCUT2D eigenvalue weighted by molar-refractivity contribution is 7.47. The quantitative estimate of drug-likeness (QED) is 0.0450. The van der Waals surface area contributed by atoms with Gasteiger partial charge in [-0.15, -0.1) is 0 Å². The number of quaternary nitrogens is 1. The maximum absolute atomic E-state index is 12.3. The first-order valence-corrected chi connectivity index (χ1v) is 15.8. The van der Waals surface area contributed by atoms with Crippen molar-refractivity contribution in [3.05, 3.63) is 12.2 Å². The van der Waals surface area contributed by atoms with Crippen LogP contribution in [-0.4, -0.2) is 74.9 Å². The van der Waals surface area contributed by atoms with Crippen LogP contribution in [0.2, 0.25) is 0 Å². The maximum Gasteiger partial charge on any atom is 0.472 e. The number of carbonyl (C=O) groups is 2. The zero-order valence-corrected chi connectivity index (χ0v) is 25.6. The Morgan fingerprint density at radius 2 is 1.32 bits per heavy atom. The maximum atomic E-state index is 12.3. The van der Waals surface area contributed by atoms with Crippen molar-refractivity contribution in [1.29, 1.82) is 0 Å². The number of hydrogen-bond donors (Lipinski definition) is 1. The van der Waals surface area contributed by atoms with E-state index in [2.05, 4.69) is 13.5 Å². The summed E-state index contributed by atoms with van der Waals surface area (Å²) in [6.07, 6.45) is 14.9. The third-order valence-corrected chi connectivity index (χ3v) is 7.04. The molecule has 0 aliphatic rings. The number of esters is 2. The summed E-state index contributed by atoms with van der Waals surface area (Å²) in [5.41, 5.74) is 0.175. The Morgan fingerprint density at radius 3 is 1.79 bits per heavy atom. The summed E-state index contributed by atoms with van der Waals surface area (Å²) >= 11 is 0. The number of hydrogen-bond acceptors (Lipinski definition) is 7. The van der Waals surface area contributed by atoms with Crippen LogP contribution in [-0.2, 0) is 32.7 Å². The predicted octanol–water partition coefficient (Wildman–Crippen LogP) is 6.34. The van der Waals surface area contributed by atoms with Gasteiger partial charge >= 0.3 is 19.8 Å². The summed E-state index contributed by atoms with van der Waals surface area (Å²) < 4.78 is 33.3. The van der Waals surface area contributed by atoms with E-state index in [9.17, 15) is 19.0 Å². The molecule has 0 bridgehead atoms. The van der Waals surface area contributed by atoms with Crippen molar-refractivity contribution in [3.63, 3.8) is 0 Å². The summed E-state index contributed by atoms with van der Waals surface area (Å²) in [7, 11) is 1.31. The third-order valence-electron chi connectivity index (χ3n) is 5.96. The van der Waals surface area contributed by atoms with Crippen LogP contribution in [0, 0.1) is 0 Å². The molecule has 2 unspecified atom stereocenters. The molecule has 38 heavy (non-hydrogen) atoms. The fourth-order valence-electron chi connectivity index (χ4n) is 3.59. The van der Waals surface area contributed by atoms with Gasteiger partial charge in [0.2, 0.25) is 0 Å². The normalized spacial score (nSPS) is 14.1. The van der Waals surface area contributed by atoms with Crippen LogP contribution in [0.3, 0.4) is 0 Å². The van der Waals surface area contributed by atoms with Gasteiger partial charge in [0.1, 0.15) is 32.5 Å². The lowest BCUT2D eigenvalue weighted by molar-refractivity contribution is -0.870. The highest BCUT2D eigenvalue weighted by Crippen LogP contribution is 2.44. The molecule has 0 heterocycles. The van der Waals surface area contributed by atoms with E-state index in [1.807, 2.05) is 21.1 Å². The van der Waals surface area contributed by atoms with E-state index in [0.29, 0.717) is 11.0 Å². The van der Waals surface area contributed by atoms with Crippen molar-refractivity contribution in [2.75, 3.05) is 47.5 Å². The van der Waals surface area contributed by atoms with Crippen molar-refractivity contribution in [1.82, 2.24) is 0 Å². The highest BCUT2D eigenvalue weighted by Gasteiger charge is 2.29. The summed E-state index contributed by atoms with van der Waals surface area (Å²) in [5, 5.41) is 0. The van der Waals surface area contributed by atoms with Gasteiger partial charge in [-0.25, -0.2) is 9.36 Å². The van der Waals surface area contributed by atoms with Crippen molar-refractivity contribution < 1.29 is 42.1 Å². The average molecular weight is 565 g/mol. The number of phosphoric acid groups is 1. The number of rotatable bonds is 25. The Kier molecular flexibility index (Phi) is 20.8. The number of nitrogens with zero attached hydrogens (tertiary/aromatic N) is 1. The van der Waals surface area contributed by atoms with Crippen LogP contribution < -0.4 is 0 Å². The van der Waals surface area contributed by atoms with Crippen LogP contribution in [0.5, 0.6) is 0 Å². The van der Waals surface area contributed by atoms with Crippen LogP contribution in [0.4, 0.5) is 0 Å². The minimum absolute atomic E-state index is 0.00557. The molecule has 224 valence electrons. The topological polar surface area (TPSA) is 108 Å². The SMILES string of the molecule is C=C(C)C(=O)OCC(COC(=O)CCCCCCCCCCCCCCC)OP(=O)(O)OCC[N+](C)(C)C. The van der Waals surface area contributed by atoms with Gasteiger partial charge in [0.05, 0.1) is 21.1 Å². The molecule has 0 aliphatic heterocycles. The van der Waals surface area contributed by atoms with E-state index in [4.69, 9.17) is 18.5 Å². The van der Waals surface area contributed by atoms with Crippen molar-refractivity contribution in [3.8, 4) is 0 Å². The van der Waals surface area contributed by atoms with Crippen molar-refractivity contribution in [2.45, 2.75) is 110 Å². The second-order valence-corrected chi connectivity index (χ2v) is 12.5. The third kappa shape index (κ3) is 23.8. The molecular formula is C28H55NO8P+. The minimum Gasteiger partial charge on any atom is -0.463 e. The van der Waals surface area contributed by atoms with Crippen molar-refractivity contribution >= 4 is 19.8 Å². The fourth-order valence-corrected chi connectivity index (χ4v) is 4.47. The standard InChI is InChI=1S/C28H54NO8P/c1-7-8-9-10-11-12-13-14-15-16-17-18-19-20-27(30)34-23-26(24-35-28(31)25(2)3)37-38(32,33)36-22-21-29(4,5)6/h26H,2,7-24H2,1,3-6H3/p+1. The van der Waals surface area contributed by atoms with E-state index in [0.717, 1.165) is 19.3 Å². The number of carbonyl (C=O) groups excluding carboxylic acids is 2. The molecule has 0 radical (unpaired) electrons. The zero-order chi connectivity index (χ0) is 28.9. The van der Waals surface area contributed by atoms with Crippen LogP contribution in [0.15, 0.2) is 12.2 Å². The van der Waals surface area contributed by atoms with E-state index >= 15 is 0 Å². The Morgan fingerprint density at radius 1 is 0.842 bits per heavy atom. The Labute approximate surface area is 231 Å². The average Bonchev–Trinajstić information content (AvgIpc) is 2.82. The van der Waals surface area contributed by atoms with Gasteiger partial charge in [0.15, 0.2) is 0 Å². The summed E-state index contributed by atoms with van der Waals surface area (Å²) in [6, 6.07) is 0. The second kappa shape index (κ2) is 21.6. The van der Waals surface area contributed by atoms with Crippen LogP contribution >= 0.6 is 7.82 Å². The van der Waals surface area contributed by atoms with Gasteiger partial charge in [-0.1, -0.05) is 90.6 Å². The molecule has 0 aromatic carbocycles. The first-order valence-electron chi connectivity index (χ1n) is 14.3.